The Morgan fingerprint density at radius 3 is 2.65 bits per heavy atom. The molecule has 3 amide bonds. The van der Waals surface area contributed by atoms with Gasteiger partial charge in [-0.25, -0.2) is 22.6 Å². The van der Waals surface area contributed by atoms with Gasteiger partial charge in [0.2, 0.25) is 11.8 Å². The zero-order chi connectivity index (χ0) is 22.8. The Kier molecular flexibility index (Phi) is 7.11. The molecule has 0 spiro atoms. The van der Waals surface area contributed by atoms with Gasteiger partial charge in [-0.05, 0) is 34.8 Å². The molecule has 0 radical (unpaired) electrons. The van der Waals surface area contributed by atoms with Crippen LogP contribution in [-0.2, 0) is 19.4 Å². The van der Waals surface area contributed by atoms with Crippen LogP contribution in [0.2, 0.25) is 0 Å². The second-order valence-corrected chi connectivity index (χ2v) is 10.9. The number of hydrogen-bond acceptors (Lipinski definition) is 7. The highest BCUT2D eigenvalue weighted by Crippen LogP contribution is 2.34. The molecule has 168 valence electrons. The summed E-state index contributed by atoms with van der Waals surface area (Å²) < 4.78 is 40.2. The van der Waals surface area contributed by atoms with Crippen molar-refractivity contribution in [3.63, 3.8) is 0 Å². The highest BCUT2D eigenvalue weighted by atomic mass is 79.9. The van der Waals surface area contributed by atoms with Crippen LogP contribution in [-0.4, -0.2) is 61.3 Å². The van der Waals surface area contributed by atoms with Crippen molar-refractivity contribution in [3.8, 4) is 0 Å². The van der Waals surface area contributed by atoms with Crippen molar-refractivity contribution in [1.82, 2.24) is 20.9 Å². The highest BCUT2D eigenvalue weighted by Gasteiger charge is 2.37. The molecule has 10 nitrogen and oxygen atoms in total. The molecule has 1 heterocycles. The Morgan fingerprint density at radius 2 is 2.00 bits per heavy atom. The number of nitrogens with one attached hydrogen (secondary N) is 3. The Hall–Kier alpha value is -2.32. The van der Waals surface area contributed by atoms with E-state index >= 15 is 0 Å². The summed E-state index contributed by atoms with van der Waals surface area (Å²) in [4.78, 5) is 39.4. The quantitative estimate of drug-likeness (QED) is 0.376. The van der Waals surface area contributed by atoms with Crippen molar-refractivity contribution >= 4 is 65.2 Å². The second-order valence-electron chi connectivity index (χ2n) is 6.82. The van der Waals surface area contributed by atoms with E-state index in [0.29, 0.717) is 4.70 Å². The van der Waals surface area contributed by atoms with Crippen LogP contribution in [0, 0.1) is 5.82 Å². The smallest absolute Gasteiger partial charge is 0.404 e. The van der Waals surface area contributed by atoms with E-state index in [1.807, 2.05) is 5.32 Å². The molecule has 3 rings (SSSR count). The highest BCUT2D eigenvalue weighted by molar-refractivity contribution is 9.10. The molecule has 1 unspecified atom stereocenters. The zero-order valence-corrected chi connectivity index (χ0v) is 19.1. The standard InChI is InChI=1S/C17H18BrFN4O6S2/c18-9-5-12-11(6-10(9)19)23-16(30-12)14(31(28,29)4-3-20-17(26)27)15(25)21-7-13(24)22-8-1-2-8/h5-6,8,14,20H,1-4,7H2,(H,21,25)(H,22,24)(H,26,27). The van der Waals surface area contributed by atoms with Crippen LogP contribution in [0.4, 0.5) is 9.18 Å². The van der Waals surface area contributed by atoms with Gasteiger partial charge in [0.15, 0.2) is 15.1 Å². The fourth-order valence-corrected chi connectivity index (χ4v) is 6.11. The molecule has 0 saturated heterocycles. The van der Waals surface area contributed by atoms with Crippen molar-refractivity contribution in [3.05, 3.63) is 27.4 Å². The van der Waals surface area contributed by atoms with E-state index in [-0.39, 0.29) is 21.0 Å². The first-order valence-electron chi connectivity index (χ1n) is 9.07. The topological polar surface area (TPSA) is 155 Å². The van der Waals surface area contributed by atoms with Gasteiger partial charge in [0.1, 0.15) is 10.8 Å². The van der Waals surface area contributed by atoms with E-state index < -0.39 is 57.7 Å². The third kappa shape index (κ3) is 6.11. The number of thiazole rings is 1. The summed E-state index contributed by atoms with van der Waals surface area (Å²) in [5, 5.41) is 13.7. The summed E-state index contributed by atoms with van der Waals surface area (Å²) in [7, 11) is -4.22. The number of hydrogen-bond donors (Lipinski definition) is 4. The molecule has 1 atom stereocenters. The summed E-state index contributed by atoms with van der Waals surface area (Å²) in [6, 6.07) is 2.60. The first-order valence-corrected chi connectivity index (χ1v) is 12.4. The maximum Gasteiger partial charge on any atom is 0.404 e. The molecule has 14 heteroatoms. The lowest BCUT2D eigenvalue weighted by Gasteiger charge is -2.15. The van der Waals surface area contributed by atoms with Crippen molar-refractivity contribution < 1.29 is 32.3 Å². The molecule has 1 saturated carbocycles. The number of fused-ring (bicyclic) bond motifs is 1. The van der Waals surface area contributed by atoms with Gasteiger partial charge < -0.3 is 21.1 Å². The molecule has 1 aliphatic carbocycles. The minimum Gasteiger partial charge on any atom is -0.465 e. The maximum atomic E-state index is 13.8. The molecule has 0 aliphatic heterocycles. The number of carboxylic acid groups (broad SMARTS) is 1. The Balaban J connectivity index is 1.86. The van der Waals surface area contributed by atoms with Crippen molar-refractivity contribution in [1.29, 1.82) is 0 Å². The number of halogens is 2. The van der Waals surface area contributed by atoms with Crippen molar-refractivity contribution in [2.75, 3.05) is 18.8 Å². The largest absolute Gasteiger partial charge is 0.465 e. The average molecular weight is 537 g/mol. The van der Waals surface area contributed by atoms with Gasteiger partial charge in [0.25, 0.3) is 0 Å². The van der Waals surface area contributed by atoms with Crippen molar-refractivity contribution in [2.45, 2.75) is 24.1 Å². The third-order valence-corrected chi connectivity index (χ3v) is 8.07. The van der Waals surface area contributed by atoms with Gasteiger partial charge in [-0.15, -0.1) is 11.3 Å². The first-order chi connectivity index (χ1) is 14.6. The van der Waals surface area contributed by atoms with E-state index in [0.717, 1.165) is 30.2 Å². The predicted octanol–water partition coefficient (Wildman–Crippen LogP) is 1.32. The summed E-state index contributed by atoms with van der Waals surface area (Å²) >= 11 is 3.94. The molecule has 1 aromatic carbocycles. The van der Waals surface area contributed by atoms with E-state index in [1.54, 1.807) is 0 Å². The van der Waals surface area contributed by atoms with Crippen LogP contribution in [0.15, 0.2) is 16.6 Å². The molecule has 31 heavy (non-hydrogen) atoms. The Bertz CT molecular complexity index is 1100. The minimum atomic E-state index is -4.22. The summed E-state index contributed by atoms with van der Waals surface area (Å²) in [5.41, 5.74) is 0.170. The van der Waals surface area contributed by atoms with E-state index in [9.17, 15) is 27.2 Å². The summed E-state index contributed by atoms with van der Waals surface area (Å²) in [5.74, 6) is -2.69. The van der Waals surface area contributed by atoms with Gasteiger partial charge in [0.05, 0.1) is 27.0 Å². The predicted molar refractivity (Wildman–Crippen MR) is 114 cm³/mol. The zero-order valence-electron chi connectivity index (χ0n) is 15.9. The Labute approximate surface area is 188 Å². The van der Waals surface area contributed by atoms with E-state index in [2.05, 4.69) is 31.5 Å². The lowest BCUT2D eigenvalue weighted by atomic mass is 10.3. The fourth-order valence-electron chi connectivity index (χ4n) is 2.67. The number of amides is 3. The van der Waals surface area contributed by atoms with Gasteiger partial charge in [-0.3, -0.25) is 9.59 Å². The van der Waals surface area contributed by atoms with Crippen LogP contribution in [0.25, 0.3) is 10.2 Å². The molecular weight excluding hydrogens is 519 g/mol. The molecule has 1 fully saturated rings. The van der Waals surface area contributed by atoms with Gasteiger partial charge in [-0.2, -0.15) is 0 Å². The minimum absolute atomic E-state index is 0.0728. The summed E-state index contributed by atoms with van der Waals surface area (Å²) in [6.45, 7) is -0.853. The number of sulfone groups is 1. The lowest BCUT2D eigenvalue weighted by molar-refractivity contribution is -0.126. The number of benzene rings is 1. The third-order valence-electron chi connectivity index (χ3n) is 4.30. The second kappa shape index (κ2) is 9.44. The average Bonchev–Trinajstić information content (AvgIpc) is 3.39. The first kappa shape index (κ1) is 23.3. The van der Waals surface area contributed by atoms with Crippen molar-refractivity contribution in [2.24, 2.45) is 0 Å². The number of carbonyl (C=O) groups excluding carboxylic acids is 2. The number of aromatic nitrogens is 1. The molecule has 2 aromatic rings. The van der Waals surface area contributed by atoms with Gasteiger partial charge in [-0.1, -0.05) is 0 Å². The van der Waals surface area contributed by atoms with E-state index in [1.165, 1.54) is 6.07 Å². The normalized spacial score (nSPS) is 14.8. The lowest BCUT2D eigenvalue weighted by Crippen LogP contribution is -2.42. The van der Waals surface area contributed by atoms with Crippen LogP contribution in [0.5, 0.6) is 0 Å². The fraction of sp³-hybridized carbons (Fsp3) is 0.412. The molecule has 0 bridgehead atoms. The number of rotatable bonds is 9. The molecule has 4 N–H and O–H groups in total. The maximum absolute atomic E-state index is 13.8. The van der Waals surface area contributed by atoms with Crippen LogP contribution in [0.3, 0.4) is 0 Å². The monoisotopic (exact) mass is 536 g/mol. The van der Waals surface area contributed by atoms with Crippen LogP contribution >= 0.6 is 27.3 Å². The Morgan fingerprint density at radius 1 is 1.29 bits per heavy atom. The molecule has 1 aliphatic rings. The van der Waals surface area contributed by atoms with Gasteiger partial charge >= 0.3 is 6.09 Å². The molecule has 1 aromatic heterocycles. The SMILES string of the molecule is O=C(O)NCCS(=O)(=O)C(C(=O)NCC(=O)NC1CC1)c1nc2cc(F)c(Br)cc2s1. The van der Waals surface area contributed by atoms with Gasteiger partial charge in [0, 0.05) is 18.7 Å². The van der Waals surface area contributed by atoms with Crippen LogP contribution < -0.4 is 16.0 Å². The van der Waals surface area contributed by atoms with Crippen LogP contribution in [0.1, 0.15) is 23.1 Å². The number of nitrogens with zero attached hydrogens (tertiary/aromatic N) is 1. The van der Waals surface area contributed by atoms with E-state index in [4.69, 9.17) is 5.11 Å². The number of carbonyl (C=O) groups is 3. The summed E-state index contributed by atoms with van der Waals surface area (Å²) in [6.07, 6.45) is 0.296. The molecular formula is C17H18BrFN4O6S2.